The van der Waals surface area contributed by atoms with Crippen LogP contribution in [0.15, 0.2) is 66.7 Å². The molecule has 146 valence electrons. The van der Waals surface area contributed by atoms with Crippen molar-refractivity contribution in [1.82, 2.24) is 0 Å². The second kappa shape index (κ2) is 8.72. The van der Waals surface area contributed by atoms with Gasteiger partial charge >= 0.3 is 0 Å². The molecule has 0 atom stereocenters. The van der Waals surface area contributed by atoms with E-state index < -0.39 is 16.7 Å². The van der Waals surface area contributed by atoms with Crippen molar-refractivity contribution in [2.45, 2.75) is 0 Å². The van der Waals surface area contributed by atoms with Gasteiger partial charge in [0.05, 0.1) is 37.5 Å². The van der Waals surface area contributed by atoms with Crippen LogP contribution in [0.1, 0.15) is 20.7 Å². The van der Waals surface area contributed by atoms with E-state index in [0.29, 0.717) is 0 Å². The van der Waals surface area contributed by atoms with Crippen LogP contribution in [0.2, 0.25) is 10.0 Å². The predicted molar refractivity (Wildman–Crippen MR) is 112 cm³/mol. The summed E-state index contributed by atoms with van der Waals surface area (Å²) in [5.74, 6) is -1.11. The van der Waals surface area contributed by atoms with Crippen LogP contribution >= 0.6 is 23.2 Å². The maximum atomic E-state index is 12.6. The molecule has 0 aliphatic rings. The molecule has 0 aliphatic heterocycles. The van der Waals surface area contributed by atoms with Crippen LogP contribution in [0.4, 0.5) is 17.1 Å². The van der Waals surface area contributed by atoms with Crippen LogP contribution in [0.25, 0.3) is 0 Å². The van der Waals surface area contributed by atoms with Crippen LogP contribution in [0.5, 0.6) is 0 Å². The van der Waals surface area contributed by atoms with E-state index >= 15 is 0 Å². The van der Waals surface area contributed by atoms with Crippen LogP contribution in [0.3, 0.4) is 0 Å². The molecule has 9 heteroatoms. The molecule has 0 fully saturated rings. The Kier molecular flexibility index (Phi) is 6.11. The van der Waals surface area contributed by atoms with Gasteiger partial charge in [-0.2, -0.15) is 0 Å². The molecular weight excluding hydrogens is 417 g/mol. The number of non-ortho nitro benzene ring substituents is 1. The number of hydrogen-bond acceptors (Lipinski definition) is 4. The van der Waals surface area contributed by atoms with Gasteiger partial charge in [-0.15, -0.1) is 0 Å². The molecule has 0 bridgehead atoms. The minimum Gasteiger partial charge on any atom is -0.320 e. The molecule has 2 N–H and O–H groups in total. The average molecular weight is 430 g/mol. The Bertz CT molecular complexity index is 1120. The van der Waals surface area contributed by atoms with Crippen LogP contribution in [-0.2, 0) is 0 Å². The lowest BCUT2D eigenvalue weighted by Crippen LogP contribution is -2.17. The molecule has 0 aliphatic carbocycles. The summed E-state index contributed by atoms with van der Waals surface area (Å²) >= 11 is 12.1. The molecule has 3 aromatic rings. The van der Waals surface area contributed by atoms with Crippen molar-refractivity contribution in [2.24, 2.45) is 0 Å². The molecule has 0 radical (unpaired) electrons. The lowest BCUT2D eigenvalue weighted by Gasteiger charge is -2.13. The van der Waals surface area contributed by atoms with E-state index in [2.05, 4.69) is 10.6 Å². The van der Waals surface area contributed by atoms with E-state index in [-0.39, 0.29) is 38.2 Å². The Hall–Kier alpha value is -3.42. The number of nitro benzene ring substituents is 1. The highest BCUT2D eigenvalue weighted by Crippen LogP contribution is 2.29. The monoisotopic (exact) mass is 429 g/mol. The molecule has 7 nitrogen and oxygen atoms in total. The minimum absolute atomic E-state index is 0.0459. The van der Waals surface area contributed by atoms with Crippen molar-refractivity contribution in [3.63, 3.8) is 0 Å². The maximum absolute atomic E-state index is 12.6. The number of carbonyl (C=O) groups excluding carboxylic acids is 2. The van der Waals surface area contributed by atoms with Gasteiger partial charge in [-0.3, -0.25) is 19.7 Å². The Morgan fingerprint density at radius 1 is 0.759 bits per heavy atom. The topological polar surface area (TPSA) is 101 Å². The molecule has 0 spiro atoms. The Morgan fingerprint density at radius 2 is 1.24 bits per heavy atom. The van der Waals surface area contributed by atoms with Gasteiger partial charge in [0.2, 0.25) is 0 Å². The smallest absolute Gasteiger partial charge is 0.271 e. The van der Waals surface area contributed by atoms with E-state index in [9.17, 15) is 19.7 Å². The van der Waals surface area contributed by atoms with Gasteiger partial charge < -0.3 is 10.6 Å². The van der Waals surface area contributed by atoms with Gasteiger partial charge in [-0.05, 0) is 30.3 Å². The lowest BCUT2D eigenvalue weighted by atomic mass is 10.1. The maximum Gasteiger partial charge on any atom is 0.271 e. The highest BCUT2D eigenvalue weighted by molar-refractivity contribution is 6.35. The molecule has 29 heavy (non-hydrogen) atoms. The summed E-state index contributed by atoms with van der Waals surface area (Å²) in [5.41, 5.74) is 0.362. The quantitative estimate of drug-likeness (QED) is 0.418. The Morgan fingerprint density at radius 3 is 1.72 bits per heavy atom. The number of carbonyl (C=O) groups is 2. The van der Waals surface area contributed by atoms with Crippen molar-refractivity contribution < 1.29 is 14.5 Å². The van der Waals surface area contributed by atoms with Crippen molar-refractivity contribution in [1.29, 1.82) is 0 Å². The summed E-state index contributed by atoms with van der Waals surface area (Å²) in [6.45, 7) is 0. The van der Waals surface area contributed by atoms with Gasteiger partial charge in [0.1, 0.15) is 0 Å². The van der Waals surface area contributed by atoms with Gasteiger partial charge in [0.25, 0.3) is 17.5 Å². The third kappa shape index (κ3) is 4.71. The predicted octanol–water partition coefficient (Wildman–Crippen LogP) is 5.41. The largest absolute Gasteiger partial charge is 0.320 e. The van der Waals surface area contributed by atoms with E-state index in [1.165, 1.54) is 24.3 Å². The summed E-state index contributed by atoms with van der Waals surface area (Å²) in [6.07, 6.45) is 0. The average Bonchev–Trinajstić information content (AvgIpc) is 2.69. The number of hydrogen-bond donors (Lipinski definition) is 2. The molecule has 0 unspecified atom stereocenters. The summed E-state index contributed by atoms with van der Waals surface area (Å²) in [6, 6.07) is 16.5. The van der Waals surface area contributed by atoms with Crippen molar-refractivity contribution >= 4 is 52.1 Å². The number of anilines is 2. The van der Waals surface area contributed by atoms with E-state index in [4.69, 9.17) is 23.2 Å². The van der Waals surface area contributed by atoms with Crippen molar-refractivity contribution in [3.8, 4) is 0 Å². The number of amides is 2. The molecule has 2 amide bonds. The zero-order valence-corrected chi connectivity index (χ0v) is 16.2. The van der Waals surface area contributed by atoms with Gasteiger partial charge in [0.15, 0.2) is 0 Å². The second-order valence-corrected chi connectivity index (χ2v) is 6.67. The highest BCUT2D eigenvalue weighted by atomic mass is 35.5. The van der Waals surface area contributed by atoms with Crippen LogP contribution < -0.4 is 10.6 Å². The van der Waals surface area contributed by atoms with Crippen LogP contribution in [-0.4, -0.2) is 16.7 Å². The summed E-state index contributed by atoms with van der Waals surface area (Å²) in [4.78, 5) is 35.7. The number of benzene rings is 3. The van der Waals surface area contributed by atoms with E-state index in [0.717, 1.165) is 6.07 Å². The normalized spacial score (nSPS) is 10.3. The highest BCUT2D eigenvalue weighted by Gasteiger charge is 2.18. The van der Waals surface area contributed by atoms with Gasteiger partial charge in [0, 0.05) is 12.1 Å². The lowest BCUT2D eigenvalue weighted by molar-refractivity contribution is -0.384. The zero-order chi connectivity index (χ0) is 21.0. The standard InChI is InChI=1S/C20H13Cl2N3O4/c21-15-7-3-1-5-13(15)19(26)23-17-10-9-12(25(28)29)11-18(17)24-20(27)14-6-2-4-8-16(14)22/h1-11H,(H,23,26)(H,24,27). The molecule has 0 saturated heterocycles. The number of halogens is 2. The summed E-state index contributed by atoms with van der Waals surface area (Å²) < 4.78 is 0. The molecule has 0 saturated carbocycles. The van der Waals surface area contributed by atoms with Crippen molar-refractivity contribution in [3.05, 3.63) is 98.0 Å². The zero-order valence-electron chi connectivity index (χ0n) is 14.7. The fraction of sp³-hybridized carbons (Fsp3) is 0. The summed E-state index contributed by atoms with van der Waals surface area (Å²) in [7, 11) is 0. The third-order valence-electron chi connectivity index (χ3n) is 3.95. The first-order valence-electron chi connectivity index (χ1n) is 8.27. The Labute approximate surface area is 175 Å². The second-order valence-electron chi connectivity index (χ2n) is 5.85. The fourth-order valence-electron chi connectivity index (χ4n) is 2.53. The van der Waals surface area contributed by atoms with Crippen LogP contribution in [0, 0.1) is 10.1 Å². The molecule has 3 rings (SSSR count). The molecule has 3 aromatic carbocycles. The first kappa shape index (κ1) is 20.3. The van der Waals surface area contributed by atoms with Crippen molar-refractivity contribution in [2.75, 3.05) is 10.6 Å². The number of nitrogens with zero attached hydrogens (tertiary/aromatic N) is 1. The number of nitrogens with one attached hydrogen (secondary N) is 2. The first-order valence-corrected chi connectivity index (χ1v) is 9.02. The Balaban J connectivity index is 1.94. The fourth-order valence-corrected chi connectivity index (χ4v) is 2.97. The van der Waals surface area contributed by atoms with Gasteiger partial charge in [-0.1, -0.05) is 47.5 Å². The number of nitro groups is 1. The van der Waals surface area contributed by atoms with E-state index in [1.807, 2.05) is 0 Å². The molecular formula is C20H13Cl2N3O4. The van der Waals surface area contributed by atoms with E-state index in [1.54, 1.807) is 36.4 Å². The first-order chi connectivity index (χ1) is 13.9. The number of rotatable bonds is 5. The SMILES string of the molecule is O=C(Nc1ccc([N+](=O)[O-])cc1NC(=O)c1ccccc1Cl)c1ccccc1Cl. The molecule has 0 heterocycles. The summed E-state index contributed by atoms with van der Waals surface area (Å²) in [5, 5.41) is 16.8. The molecule has 0 aromatic heterocycles. The van der Waals surface area contributed by atoms with Gasteiger partial charge in [-0.25, -0.2) is 0 Å². The third-order valence-corrected chi connectivity index (χ3v) is 4.61. The minimum atomic E-state index is -0.606.